The Kier molecular flexibility index (Phi) is 7.59. The Morgan fingerprint density at radius 2 is 1.58 bits per heavy atom. The largest absolute Gasteiger partial charge is 0.378 e. The van der Waals surface area contributed by atoms with Gasteiger partial charge in [0.1, 0.15) is 23.2 Å². The number of likely N-dealkylation sites (tertiary alicyclic amines) is 1. The Labute approximate surface area is 180 Å². The second-order valence-electron chi connectivity index (χ2n) is 8.33. The summed E-state index contributed by atoms with van der Waals surface area (Å²) < 4.78 is 33.2. The third-order valence-electron chi connectivity index (χ3n) is 5.89. The molecular formula is C22H29F2N3O4. The van der Waals surface area contributed by atoms with Gasteiger partial charge in [-0.25, -0.2) is 8.78 Å². The van der Waals surface area contributed by atoms with Crippen LogP contribution in [0.1, 0.15) is 37.0 Å². The molecule has 0 spiro atoms. The fourth-order valence-corrected chi connectivity index (χ4v) is 4.03. The molecule has 1 aromatic rings. The zero-order chi connectivity index (χ0) is 22.5. The molecule has 3 rings (SSSR count). The van der Waals surface area contributed by atoms with E-state index < -0.39 is 29.1 Å². The summed E-state index contributed by atoms with van der Waals surface area (Å²) in [5, 5.41) is 2.50. The lowest BCUT2D eigenvalue weighted by Gasteiger charge is -2.37. The van der Waals surface area contributed by atoms with Gasteiger partial charge in [0.2, 0.25) is 11.8 Å². The highest BCUT2D eigenvalue weighted by Crippen LogP contribution is 2.22. The predicted molar refractivity (Wildman–Crippen MR) is 109 cm³/mol. The molecule has 0 unspecified atom stereocenters. The molecule has 1 atom stereocenters. The number of rotatable bonds is 5. The Balaban J connectivity index is 1.61. The quantitative estimate of drug-likeness (QED) is 0.762. The number of benzene rings is 1. The van der Waals surface area contributed by atoms with Crippen molar-refractivity contribution in [2.75, 3.05) is 39.4 Å². The van der Waals surface area contributed by atoms with Crippen molar-refractivity contribution in [1.82, 2.24) is 15.1 Å². The van der Waals surface area contributed by atoms with Crippen LogP contribution in [0, 0.1) is 23.5 Å². The first-order valence-electron chi connectivity index (χ1n) is 10.7. The first-order chi connectivity index (χ1) is 14.8. The van der Waals surface area contributed by atoms with Gasteiger partial charge in [-0.15, -0.1) is 0 Å². The van der Waals surface area contributed by atoms with Gasteiger partial charge in [0, 0.05) is 32.1 Å². The highest BCUT2D eigenvalue weighted by molar-refractivity contribution is 5.98. The molecular weight excluding hydrogens is 408 g/mol. The Bertz CT molecular complexity index is 799. The summed E-state index contributed by atoms with van der Waals surface area (Å²) in [5.74, 6) is -3.54. The van der Waals surface area contributed by atoms with Crippen molar-refractivity contribution in [3.8, 4) is 0 Å². The Morgan fingerprint density at radius 3 is 2.13 bits per heavy atom. The molecule has 7 nitrogen and oxygen atoms in total. The monoisotopic (exact) mass is 437 g/mol. The highest BCUT2D eigenvalue weighted by Gasteiger charge is 2.35. The van der Waals surface area contributed by atoms with Gasteiger partial charge < -0.3 is 19.9 Å². The Hall–Kier alpha value is -2.55. The van der Waals surface area contributed by atoms with Crippen molar-refractivity contribution in [3.05, 3.63) is 35.4 Å². The molecule has 2 heterocycles. The summed E-state index contributed by atoms with van der Waals surface area (Å²) in [4.78, 5) is 41.7. The molecule has 9 heteroatoms. The minimum atomic E-state index is -0.977. The normalized spacial score (nSPS) is 18.7. The molecule has 170 valence electrons. The van der Waals surface area contributed by atoms with Crippen LogP contribution >= 0.6 is 0 Å². The maximum absolute atomic E-state index is 13.9. The third-order valence-corrected chi connectivity index (χ3v) is 5.89. The molecule has 2 aliphatic heterocycles. The van der Waals surface area contributed by atoms with Crippen LogP contribution in [0.2, 0.25) is 0 Å². The van der Waals surface area contributed by atoms with Crippen molar-refractivity contribution in [1.29, 1.82) is 0 Å². The van der Waals surface area contributed by atoms with E-state index in [1.807, 2.05) is 4.90 Å². The molecule has 0 bridgehead atoms. The SMILES string of the molecule is CC(C)[C@H](NC(=O)c1c(F)cccc1F)C(=O)N1CCC(C(=O)N2CCOCC2)CC1. The summed E-state index contributed by atoms with van der Waals surface area (Å²) in [7, 11) is 0. The van der Waals surface area contributed by atoms with Crippen molar-refractivity contribution < 1.29 is 27.9 Å². The predicted octanol–water partition coefficient (Wildman–Crippen LogP) is 1.82. The van der Waals surface area contributed by atoms with E-state index in [0.29, 0.717) is 52.2 Å². The van der Waals surface area contributed by atoms with E-state index in [1.54, 1.807) is 18.7 Å². The number of nitrogens with one attached hydrogen (secondary N) is 1. The van der Waals surface area contributed by atoms with Crippen LogP contribution in [-0.4, -0.2) is 73.0 Å². The second kappa shape index (κ2) is 10.2. The average Bonchev–Trinajstić information content (AvgIpc) is 2.77. The summed E-state index contributed by atoms with van der Waals surface area (Å²) in [5.41, 5.74) is -0.698. The molecule has 0 saturated carbocycles. The molecule has 2 saturated heterocycles. The molecule has 0 aliphatic carbocycles. The van der Waals surface area contributed by atoms with Gasteiger partial charge in [-0.1, -0.05) is 19.9 Å². The zero-order valence-corrected chi connectivity index (χ0v) is 17.9. The number of amides is 3. The number of nitrogens with zero attached hydrogens (tertiary/aromatic N) is 2. The molecule has 2 fully saturated rings. The second-order valence-corrected chi connectivity index (χ2v) is 8.33. The number of carbonyl (C=O) groups is 3. The van der Waals surface area contributed by atoms with Crippen molar-refractivity contribution >= 4 is 17.7 Å². The minimum Gasteiger partial charge on any atom is -0.378 e. The molecule has 3 amide bonds. The van der Waals surface area contributed by atoms with Crippen LogP contribution in [-0.2, 0) is 14.3 Å². The lowest BCUT2D eigenvalue weighted by molar-refractivity contribution is -0.144. The number of hydrogen-bond acceptors (Lipinski definition) is 4. The van der Waals surface area contributed by atoms with E-state index >= 15 is 0 Å². The fraction of sp³-hybridized carbons (Fsp3) is 0.591. The van der Waals surface area contributed by atoms with E-state index in [1.165, 1.54) is 6.07 Å². The van der Waals surface area contributed by atoms with Gasteiger partial charge in [0.25, 0.3) is 5.91 Å². The van der Waals surface area contributed by atoms with Gasteiger partial charge in [-0.2, -0.15) is 0 Å². The summed E-state index contributed by atoms with van der Waals surface area (Å²) in [6.45, 7) is 6.57. The number of hydrogen-bond donors (Lipinski definition) is 1. The number of halogens is 2. The number of piperidine rings is 1. The number of ether oxygens (including phenoxy) is 1. The van der Waals surface area contributed by atoms with Gasteiger partial charge in [0.15, 0.2) is 0 Å². The van der Waals surface area contributed by atoms with Crippen LogP contribution < -0.4 is 5.32 Å². The summed E-state index contributed by atoms with van der Waals surface area (Å²) in [6, 6.07) is 2.26. The van der Waals surface area contributed by atoms with Gasteiger partial charge >= 0.3 is 0 Å². The molecule has 2 aliphatic rings. The molecule has 1 N–H and O–H groups in total. The van der Waals surface area contributed by atoms with E-state index in [2.05, 4.69) is 5.32 Å². The molecule has 0 radical (unpaired) electrons. The summed E-state index contributed by atoms with van der Waals surface area (Å²) in [6.07, 6.45) is 1.09. The fourth-order valence-electron chi connectivity index (χ4n) is 4.03. The van der Waals surface area contributed by atoms with Crippen molar-refractivity contribution in [2.45, 2.75) is 32.7 Å². The first-order valence-corrected chi connectivity index (χ1v) is 10.7. The molecule has 0 aromatic heterocycles. The van der Waals surface area contributed by atoms with E-state index in [9.17, 15) is 23.2 Å². The van der Waals surface area contributed by atoms with Crippen LogP contribution in [0.4, 0.5) is 8.78 Å². The van der Waals surface area contributed by atoms with E-state index in [4.69, 9.17) is 4.74 Å². The smallest absolute Gasteiger partial charge is 0.257 e. The maximum Gasteiger partial charge on any atom is 0.257 e. The van der Waals surface area contributed by atoms with Crippen LogP contribution in [0.15, 0.2) is 18.2 Å². The standard InChI is InChI=1S/C22H29F2N3O4/c1-14(2)19(25-20(28)18-16(23)4-3-5-17(18)24)22(30)26-8-6-15(7-9-26)21(29)27-10-12-31-13-11-27/h3-5,14-15,19H,6-13H2,1-2H3,(H,25,28)/t19-/m0/s1. The molecule has 1 aromatic carbocycles. The van der Waals surface area contributed by atoms with Crippen molar-refractivity contribution in [2.24, 2.45) is 11.8 Å². The summed E-state index contributed by atoms with van der Waals surface area (Å²) >= 11 is 0. The van der Waals surface area contributed by atoms with Crippen LogP contribution in [0.5, 0.6) is 0 Å². The lowest BCUT2D eigenvalue weighted by atomic mass is 9.93. The third kappa shape index (κ3) is 5.39. The maximum atomic E-state index is 13.9. The average molecular weight is 437 g/mol. The van der Waals surface area contributed by atoms with Gasteiger partial charge in [-0.05, 0) is 30.9 Å². The number of carbonyl (C=O) groups excluding carboxylic acids is 3. The van der Waals surface area contributed by atoms with Crippen LogP contribution in [0.3, 0.4) is 0 Å². The highest BCUT2D eigenvalue weighted by atomic mass is 19.1. The van der Waals surface area contributed by atoms with Crippen molar-refractivity contribution in [3.63, 3.8) is 0 Å². The van der Waals surface area contributed by atoms with E-state index in [0.717, 1.165) is 12.1 Å². The lowest BCUT2D eigenvalue weighted by Crippen LogP contribution is -2.54. The molecule has 31 heavy (non-hydrogen) atoms. The van der Waals surface area contributed by atoms with E-state index in [-0.39, 0.29) is 23.7 Å². The zero-order valence-electron chi connectivity index (χ0n) is 17.9. The first kappa shape index (κ1) is 23.1. The number of morpholine rings is 1. The minimum absolute atomic E-state index is 0.0964. The topological polar surface area (TPSA) is 79.0 Å². The van der Waals surface area contributed by atoms with Gasteiger partial charge in [0.05, 0.1) is 13.2 Å². The van der Waals surface area contributed by atoms with Gasteiger partial charge in [-0.3, -0.25) is 14.4 Å². The van der Waals surface area contributed by atoms with Crippen LogP contribution in [0.25, 0.3) is 0 Å². The Morgan fingerprint density at radius 1 is 1.00 bits per heavy atom.